The average molecular weight is 645 g/mol. The van der Waals surface area contributed by atoms with Crippen molar-refractivity contribution in [2.24, 2.45) is 0 Å². The van der Waals surface area contributed by atoms with Crippen LogP contribution >= 0.6 is 0 Å². The van der Waals surface area contributed by atoms with Crippen molar-refractivity contribution in [1.82, 2.24) is 20.3 Å². The van der Waals surface area contributed by atoms with Crippen molar-refractivity contribution in [2.45, 2.75) is 45.1 Å². The normalized spacial score (nSPS) is 12.0. The van der Waals surface area contributed by atoms with E-state index in [0.717, 1.165) is 42.5 Å². The largest absolute Gasteiger partial charge is 0.471 e. The predicted molar refractivity (Wildman–Crippen MR) is 146 cm³/mol. The van der Waals surface area contributed by atoms with Gasteiger partial charge < -0.3 is 25.7 Å². The molecule has 0 spiro atoms. The predicted octanol–water partition coefficient (Wildman–Crippen LogP) is 7.05. The first-order valence-electron chi connectivity index (χ1n) is 13.2. The smallest absolute Gasteiger partial charge is 0.418 e. The minimum Gasteiger partial charge on any atom is -0.471 e. The maximum absolute atomic E-state index is 13.8. The third-order valence-corrected chi connectivity index (χ3v) is 6.11. The van der Waals surface area contributed by atoms with Gasteiger partial charge in [0.05, 0.1) is 22.3 Å². The number of pyridine rings is 1. The Morgan fingerprint density at radius 1 is 0.956 bits per heavy atom. The molecule has 0 saturated carbocycles. The molecule has 0 bridgehead atoms. The molecule has 0 aliphatic rings. The Morgan fingerprint density at radius 2 is 1.67 bits per heavy atom. The van der Waals surface area contributed by atoms with E-state index in [4.69, 9.17) is 4.74 Å². The number of imidazole rings is 1. The fourth-order valence-electron chi connectivity index (χ4n) is 4.04. The number of rotatable bonds is 11. The van der Waals surface area contributed by atoms with Gasteiger partial charge in [-0.15, -0.1) is 0 Å². The molecule has 4 aromatic rings. The van der Waals surface area contributed by atoms with Gasteiger partial charge in [0.2, 0.25) is 17.7 Å². The van der Waals surface area contributed by atoms with Crippen LogP contribution in [0.5, 0.6) is 5.88 Å². The van der Waals surface area contributed by atoms with E-state index in [0.29, 0.717) is 12.0 Å². The molecule has 45 heavy (non-hydrogen) atoms. The van der Waals surface area contributed by atoms with Crippen LogP contribution in [0.4, 0.5) is 52.4 Å². The molecule has 17 heteroatoms. The topological polar surface area (TPSA) is 121 Å². The van der Waals surface area contributed by atoms with Gasteiger partial charge in [0.15, 0.2) is 12.3 Å². The number of ether oxygens (including phenoxy) is 1. The van der Waals surface area contributed by atoms with Crippen LogP contribution in [0.25, 0.3) is 11.2 Å². The third kappa shape index (κ3) is 8.57. The summed E-state index contributed by atoms with van der Waals surface area (Å²) in [7, 11) is 0. The standard InChI is InChI=1S/C28H24F8N6O3/c1-2-3-22(43)37-12-14-4-9-18(28(34,35)36)19(10-14)39-26-40-20-11-17(25(41-23(20)42-26)45-13-21(29)30)24(44)38-16-7-5-15(6-8-16)27(31,32)33/h4-11,21H,2-3,12-13H2,1H3,(H,37,43)(H,38,44)(H2,39,40,41,42). The van der Waals surface area contributed by atoms with Crippen molar-refractivity contribution in [3.05, 3.63) is 70.8 Å². The van der Waals surface area contributed by atoms with Crippen molar-refractivity contribution in [3.63, 3.8) is 0 Å². The summed E-state index contributed by atoms with van der Waals surface area (Å²) in [5, 5.41) is 7.42. The lowest BCUT2D eigenvalue weighted by Gasteiger charge is -2.15. The Bertz CT molecular complexity index is 1670. The van der Waals surface area contributed by atoms with Crippen LogP contribution in [-0.4, -0.2) is 39.8 Å². The number of alkyl halides is 8. The highest BCUT2D eigenvalue weighted by molar-refractivity contribution is 6.07. The van der Waals surface area contributed by atoms with E-state index in [1.54, 1.807) is 6.92 Å². The summed E-state index contributed by atoms with van der Waals surface area (Å²) in [5.74, 6) is -2.14. The maximum Gasteiger partial charge on any atom is 0.418 e. The summed E-state index contributed by atoms with van der Waals surface area (Å²) < 4.78 is 111. The Kier molecular flexibility index (Phi) is 9.78. The number of nitrogens with one attached hydrogen (secondary N) is 4. The van der Waals surface area contributed by atoms with Gasteiger partial charge in [0.1, 0.15) is 5.56 Å². The summed E-state index contributed by atoms with van der Waals surface area (Å²) >= 11 is 0. The zero-order valence-electron chi connectivity index (χ0n) is 23.2. The monoisotopic (exact) mass is 644 g/mol. The number of fused-ring (bicyclic) bond motifs is 1. The van der Waals surface area contributed by atoms with Gasteiger partial charge in [0, 0.05) is 18.7 Å². The second-order valence-corrected chi connectivity index (χ2v) is 9.56. The Morgan fingerprint density at radius 3 is 2.29 bits per heavy atom. The highest BCUT2D eigenvalue weighted by atomic mass is 19.4. The van der Waals surface area contributed by atoms with E-state index < -0.39 is 59.5 Å². The second-order valence-electron chi connectivity index (χ2n) is 9.56. The second kappa shape index (κ2) is 13.4. The van der Waals surface area contributed by atoms with Crippen LogP contribution < -0.4 is 20.7 Å². The van der Waals surface area contributed by atoms with E-state index in [9.17, 15) is 44.7 Å². The zero-order chi connectivity index (χ0) is 32.9. The number of hydrogen-bond donors (Lipinski definition) is 4. The molecular formula is C28H24F8N6O3. The molecule has 0 aliphatic heterocycles. The quantitative estimate of drug-likeness (QED) is 0.130. The van der Waals surface area contributed by atoms with Crippen LogP contribution in [0, 0.1) is 0 Å². The zero-order valence-corrected chi connectivity index (χ0v) is 23.2. The minimum atomic E-state index is -4.78. The van der Waals surface area contributed by atoms with Gasteiger partial charge in [-0.05, 0) is 54.4 Å². The van der Waals surface area contributed by atoms with Crippen molar-refractivity contribution >= 4 is 40.3 Å². The minimum absolute atomic E-state index is 0.0176. The third-order valence-electron chi connectivity index (χ3n) is 6.11. The lowest BCUT2D eigenvalue weighted by atomic mass is 10.1. The number of nitrogens with zero attached hydrogens (tertiary/aromatic N) is 2. The number of H-pyrrole nitrogens is 1. The molecular weight excluding hydrogens is 620 g/mol. The van der Waals surface area contributed by atoms with Crippen molar-refractivity contribution < 1.29 is 49.4 Å². The van der Waals surface area contributed by atoms with Crippen LogP contribution in [0.15, 0.2) is 48.5 Å². The van der Waals surface area contributed by atoms with Gasteiger partial charge in [-0.3, -0.25) is 9.59 Å². The molecule has 9 nitrogen and oxygen atoms in total. The molecule has 0 fully saturated rings. The number of carbonyl (C=O) groups excluding carboxylic acids is 2. The summed E-state index contributed by atoms with van der Waals surface area (Å²) in [6, 6.07) is 7.68. The first-order chi connectivity index (χ1) is 21.1. The van der Waals surface area contributed by atoms with E-state index in [1.165, 1.54) is 6.07 Å². The Labute approximate surface area is 249 Å². The summed E-state index contributed by atoms with van der Waals surface area (Å²) in [6.07, 6.45) is -11.5. The number of carbonyl (C=O) groups is 2. The number of amides is 2. The lowest BCUT2D eigenvalue weighted by molar-refractivity contribution is -0.138. The number of halogens is 8. The van der Waals surface area contributed by atoms with Gasteiger partial charge in [0.25, 0.3) is 12.3 Å². The highest BCUT2D eigenvalue weighted by Gasteiger charge is 2.34. The molecule has 4 N–H and O–H groups in total. The van der Waals surface area contributed by atoms with Crippen molar-refractivity contribution in [1.29, 1.82) is 0 Å². The van der Waals surface area contributed by atoms with Crippen LogP contribution in [0.1, 0.15) is 46.8 Å². The number of benzene rings is 2. The summed E-state index contributed by atoms with van der Waals surface area (Å²) in [4.78, 5) is 35.5. The van der Waals surface area contributed by atoms with Gasteiger partial charge in [-0.1, -0.05) is 13.0 Å². The van der Waals surface area contributed by atoms with Crippen LogP contribution in [0.2, 0.25) is 0 Å². The van der Waals surface area contributed by atoms with Gasteiger partial charge in [-0.25, -0.2) is 8.78 Å². The highest BCUT2D eigenvalue weighted by Crippen LogP contribution is 2.37. The van der Waals surface area contributed by atoms with E-state index in [1.807, 2.05) is 0 Å². The first-order valence-corrected chi connectivity index (χ1v) is 13.2. The van der Waals surface area contributed by atoms with E-state index in [-0.39, 0.29) is 41.7 Å². The van der Waals surface area contributed by atoms with Crippen molar-refractivity contribution in [3.8, 4) is 5.88 Å². The van der Waals surface area contributed by atoms with Gasteiger partial charge in [-0.2, -0.15) is 36.3 Å². The summed E-state index contributed by atoms with van der Waals surface area (Å²) in [6.45, 7) is 0.575. The Hall–Kier alpha value is -4.96. The van der Waals surface area contributed by atoms with Crippen LogP contribution in [-0.2, 0) is 23.7 Å². The summed E-state index contributed by atoms with van der Waals surface area (Å²) in [5.41, 5.74) is -2.84. The molecule has 0 aliphatic carbocycles. The molecule has 0 atom stereocenters. The number of hydrogen-bond acceptors (Lipinski definition) is 6. The maximum atomic E-state index is 13.8. The van der Waals surface area contributed by atoms with E-state index >= 15 is 0 Å². The number of aromatic nitrogens is 3. The van der Waals surface area contributed by atoms with Crippen LogP contribution in [0.3, 0.4) is 0 Å². The first kappa shape index (κ1) is 32.9. The Balaban J connectivity index is 1.65. The number of aromatic amines is 1. The molecule has 2 heterocycles. The fourth-order valence-corrected chi connectivity index (χ4v) is 4.04. The molecule has 4 rings (SSSR count). The van der Waals surface area contributed by atoms with E-state index in [2.05, 4.69) is 30.9 Å². The van der Waals surface area contributed by atoms with Gasteiger partial charge >= 0.3 is 12.4 Å². The molecule has 240 valence electrons. The SMILES string of the molecule is CCCC(=O)NCc1ccc(C(F)(F)F)c(Nc2nc3nc(OCC(F)F)c(C(=O)Nc4ccc(C(F)(F)F)cc4)cc3[nH]2)c1. The van der Waals surface area contributed by atoms with Crippen molar-refractivity contribution in [2.75, 3.05) is 17.2 Å². The number of anilines is 3. The fraction of sp³-hybridized carbons (Fsp3) is 0.286. The molecule has 0 saturated heterocycles. The molecule has 0 unspecified atom stereocenters. The molecule has 2 aromatic heterocycles. The molecule has 2 aromatic carbocycles. The lowest BCUT2D eigenvalue weighted by Crippen LogP contribution is -2.22. The average Bonchev–Trinajstić information content (AvgIpc) is 3.35. The molecule has 0 radical (unpaired) electrons. The molecule has 2 amide bonds.